The Bertz CT molecular complexity index is 1060. The fourth-order valence-electron chi connectivity index (χ4n) is 3.03. The summed E-state index contributed by atoms with van der Waals surface area (Å²) in [5.74, 6) is -1.04. The van der Waals surface area contributed by atoms with Gasteiger partial charge in [-0.25, -0.2) is 13.2 Å². The van der Waals surface area contributed by atoms with Crippen molar-refractivity contribution in [2.45, 2.75) is 18.6 Å². The van der Waals surface area contributed by atoms with E-state index in [9.17, 15) is 18.3 Å². The Kier molecular flexibility index (Phi) is 6.11. The molecule has 3 aromatic carbocycles. The number of rotatable bonds is 8. The Morgan fingerprint density at radius 2 is 1.50 bits per heavy atom. The van der Waals surface area contributed by atoms with Crippen LogP contribution in [0.1, 0.15) is 27.0 Å². The largest absolute Gasteiger partial charge is 0.478 e. The normalized spacial score (nSPS) is 11.1. The van der Waals surface area contributed by atoms with Crippen LogP contribution in [-0.2, 0) is 28.6 Å². The zero-order chi connectivity index (χ0) is 20.0. The van der Waals surface area contributed by atoms with Gasteiger partial charge in [0, 0.05) is 5.69 Å². The number of aryl methyl sites for hydroxylation is 2. The van der Waals surface area contributed by atoms with Crippen LogP contribution in [0.5, 0.6) is 0 Å². The zero-order valence-electron chi connectivity index (χ0n) is 15.2. The number of sulfonamides is 1. The predicted molar refractivity (Wildman–Crippen MR) is 110 cm³/mol. The lowest BCUT2D eigenvalue weighted by molar-refractivity contribution is 0.0695. The van der Waals surface area contributed by atoms with Gasteiger partial charge in [0.1, 0.15) is 0 Å². The Hall–Kier alpha value is -3.12. The second-order valence-electron chi connectivity index (χ2n) is 6.51. The Balaban J connectivity index is 1.68. The highest BCUT2D eigenvalue weighted by Crippen LogP contribution is 2.18. The summed E-state index contributed by atoms with van der Waals surface area (Å²) in [5, 5.41) is 9.28. The highest BCUT2D eigenvalue weighted by molar-refractivity contribution is 7.91. The molecule has 3 rings (SSSR count). The number of carboxylic acids is 1. The summed E-state index contributed by atoms with van der Waals surface area (Å²) in [6.45, 7) is 0. The zero-order valence-corrected chi connectivity index (χ0v) is 16.0. The average Bonchev–Trinajstić information content (AvgIpc) is 2.67. The first-order valence-electron chi connectivity index (χ1n) is 8.87. The highest BCUT2D eigenvalue weighted by Gasteiger charge is 2.12. The number of aromatic carboxylic acids is 1. The summed E-state index contributed by atoms with van der Waals surface area (Å²) in [5.41, 5.74) is 3.20. The van der Waals surface area contributed by atoms with Crippen molar-refractivity contribution in [2.75, 3.05) is 4.72 Å². The molecule has 144 valence electrons. The van der Waals surface area contributed by atoms with Crippen LogP contribution >= 0.6 is 0 Å². The molecule has 0 radical (unpaired) electrons. The molecular formula is C22H21NO4S. The van der Waals surface area contributed by atoms with Crippen molar-refractivity contribution in [1.82, 2.24) is 0 Å². The van der Waals surface area contributed by atoms with Gasteiger partial charge in [-0.3, -0.25) is 4.72 Å². The summed E-state index contributed by atoms with van der Waals surface area (Å²) in [6, 6.07) is 23.1. The summed E-state index contributed by atoms with van der Waals surface area (Å²) < 4.78 is 27.4. The first-order chi connectivity index (χ1) is 13.4. The van der Waals surface area contributed by atoms with Crippen molar-refractivity contribution in [3.63, 3.8) is 0 Å². The van der Waals surface area contributed by atoms with Crippen molar-refractivity contribution >= 4 is 21.7 Å². The van der Waals surface area contributed by atoms with Crippen LogP contribution in [0.25, 0.3) is 0 Å². The minimum absolute atomic E-state index is 0.0932. The summed E-state index contributed by atoms with van der Waals surface area (Å²) in [6.07, 6.45) is 1.17. The van der Waals surface area contributed by atoms with Crippen LogP contribution in [0.15, 0.2) is 78.9 Å². The highest BCUT2D eigenvalue weighted by atomic mass is 32.2. The molecule has 0 bridgehead atoms. The van der Waals surface area contributed by atoms with Crippen LogP contribution in [0, 0.1) is 0 Å². The number of hydrogen-bond acceptors (Lipinski definition) is 3. The monoisotopic (exact) mass is 395 g/mol. The molecule has 0 aliphatic heterocycles. The van der Waals surface area contributed by atoms with Gasteiger partial charge in [0.25, 0.3) is 0 Å². The van der Waals surface area contributed by atoms with Crippen molar-refractivity contribution in [3.05, 3.63) is 101 Å². The molecule has 0 unspecified atom stereocenters. The van der Waals surface area contributed by atoms with Crippen LogP contribution in [0.4, 0.5) is 5.69 Å². The van der Waals surface area contributed by atoms with Gasteiger partial charge in [0.2, 0.25) is 10.0 Å². The van der Waals surface area contributed by atoms with Gasteiger partial charge in [-0.1, -0.05) is 60.7 Å². The van der Waals surface area contributed by atoms with Crippen LogP contribution in [0.2, 0.25) is 0 Å². The van der Waals surface area contributed by atoms with E-state index in [2.05, 4.69) is 4.72 Å². The lowest BCUT2D eigenvalue weighted by Gasteiger charge is -2.10. The van der Waals surface area contributed by atoms with Crippen molar-refractivity contribution in [2.24, 2.45) is 0 Å². The molecule has 0 spiro atoms. The molecule has 0 aliphatic carbocycles. The maximum absolute atomic E-state index is 12.4. The first kappa shape index (κ1) is 19.6. The summed E-state index contributed by atoms with van der Waals surface area (Å²) >= 11 is 0. The Labute approximate surface area is 164 Å². The molecular weight excluding hydrogens is 374 g/mol. The van der Waals surface area contributed by atoms with Gasteiger partial charge in [0.05, 0.1) is 11.3 Å². The van der Waals surface area contributed by atoms with E-state index in [1.807, 2.05) is 18.2 Å². The van der Waals surface area contributed by atoms with E-state index in [0.717, 1.165) is 16.7 Å². The smallest absolute Gasteiger partial charge is 0.335 e. The van der Waals surface area contributed by atoms with Crippen LogP contribution in [0.3, 0.4) is 0 Å². The second-order valence-corrected chi connectivity index (χ2v) is 8.23. The lowest BCUT2D eigenvalue weighted by atomic mass is 10.00. The molecule has 0 aliphatic rings. The van der Waals surface area contributed by atoms with E-state index in [1.165, 1.54) is 0 Å². The molecule has 0 atom stereocenters. The minimum Gasteiger partial charge on any atom is -0.478 e. The molecule has 3 aromatic rings. The minimum atomic E-state index is -3.52. The summed E-state index contributed by atoms with van der Waals surface area (Å²) in [4.78, 5) is 11.3. The van der Waals surface area contributed by atoms with Gasteiger partial charge < -0.3 is 5.11 Å². The van der Waals surface area contributed by atoms with E-state index < -0.39 is 16.0 Å². The van der Waals surface area contributed by atoms with Crippen molar-refractivity contribution < 1.29 is 18.3 Å². The quantitative estimate of drug-likeness (QED) is 0.601. The van der Waals surface area contributed by atoms with E-state index in [0.29, 0.717) is 24.1 Å². The molecule has 0 amide bonds. The number of carbonyl (C=O) groups is 1. The lowest BCUT2D eigenvalue weighted by Crippen LogP contribution is -2.15. The van der Waals surface area contributed by atoms with Gasteiger partial charge in [-0.15, -0.1) is 0 Å². The number of nitrogens with one attached hydrogen (secondary N) is 1. The molecule has 2 N–H and O–H groups in total. The predicted octanol–water partition coefficient (Wildman–Crippen LogP) is 4.11. The summed E-state index contributed by atoms with van der Waals surface area (Å²) in [7, 11) is -3.52. The van der Waals surface area contributed by atoms with Gasteiger partial charge in [0.15, 0.2) is 0 Å². The van der Waals surface area contributed by atoms with Crippen LogP contribution < -0.4 is 4.72 Å². The number of anilines is 1. The SMILES string of the molecule is O=C(O)c1ccccc1CCc1cccc(NS(=O)(=O)Cc2ccccc2)c1. The molecule has 6 heteroatoms. The number of hydrogen-bond donors (Lipinski definition) is 2. The fraction of sp³-hybridized carbons (Fsp3) is 0.136. The first-order valence-corrected chi connectivity index (χ1v) is 10.5. The average molecular weight is 395 g/mol. The molecule has 5 nitrogen and oxygen atoms in total. The maximum Gasteiger partial charge on any atom is 0.335 e. The molecule has 0 heterocycles. The standard InChI is InChI=1S/C22H21NO4S/c24-22(25)21-12-5-4-10-19(21)14-13-17-9-6-11-20(15-17)23-28(26,27)16-18-7-2-1-3-8-18/h1-12,15,23H,13-14,16H2,(H,24,25). The van der Waals surface area contributed by atoms with Gasteiger partial charge in [-0.05, 0) is 47.7 Å². The van der Waals surface area contributed by atoms with E-state index in [1.54, 1.807) is 60.7 Å². The van der Waals surface area contributed by atoms with Crippen LogP contribution in [-0.4, -0.2) is 19.5 Å². The van der Waals surface area contributed by atoms with E-state index in [-0.39, 0.29) is 5.75 Å². The van der Waals surface area contributed by atoms with E-state index >= 15 is 0 Å². The topological polar surface area (TPSA) is 83.5 Å². The Morgan fingerprint density at radius 3 is 2.25 bits per heavy atom. The molecule has 28 heavy (non-hydrogen) atoms. The number of benzene rings is 3. The van der Waals surface area contributed by atoms with Crippen molar-refractivity contribution in [1.29, 1.82) is 0 Å². The molecule has 0 saturated carbocycles. The molecule has 0 fully saturated rings. The number of carboxylic acid groups (broad SMARTS) is 1. The Morgan fingerprint density at radius 1 is 0.821 bits per heavy atom. The molecule has 0 aromatic heterocycles. The third-order valence-corrected chi connectivity index (χ3v) is 5.59. The van der Waals surface area contributed by atoms with Crippen molar-refractivity contribution in [3.8, 4) is 0 Å². The van der Waals surface area contributed by atoms with E-state index in [4.69, 9.17) is 0 Å². The third kappa shape index (κ3) is 5.44. The van der Waals surface area contributed by atoms with Gasteiger partial charge >= 0.3 is 5.97 Å². The third-order valence-electron chi connectivity index (χ3n) is 4.33. The van der Waals surface area contributed by atoms with Gasteiger partial charge in [-0.2, -0.15) is 0 Å². The fourth-order valence-corrected chi connectivity index (χ4v) is 4.22. The molecule has 0 saturated heterocycles. The second kappa shape index (κ2) is 8.71. The maximum atomic E-state index is 12.4.